The second kappa shape index (κ2) is 4.75. The number of carbonyl (C=O) groups excluding carboxylic acids is 2. The SMILES string of the molecule is COC(=O)[C@@H]1C[C@H](O)CN1C(=O)CBr. The van der Waals surface area contributed by atoms with Crippen LogP contribution in [-0.4, -0.2) is 53.0 Å². The van der Waals surface area contributed by atoms with Crippen LogP contribution < -0.4 is 0 Å². The summed E-state index contributed by atoms with van der Waals surface area (Å²) in [5.41, 5.74) is 0. The normalized spacial score (nSPS) is 26.4. The van der Waals surface area contributed by atoms with Crippen molar-refractivity contribution in [1.29, 1.82) is 0 Å². The number of esters is 1. The molecule has 0 aromatic carbocycles. The summed E-state index contributed by atoms with van der Waals surface area (Å²) in [6, 6.07) is -0.639. The second-order valence-electron chi connectivity index (χ2n) is 3.11. The van der Waals surface area contributed by atoms with Crippen LogP contribution in [0, 0.1) is 0 Å². The molecule has 0 spiro atoms. The van der Waals surface area contributed by atoms with Gasteiger partial charge in [-0.05, 0) is 0 Å². The molecule has 1 rings (SSSR count). The van der Waals surface area contributed by atoms with E-state index in [1.165, 1.54) is 12.0 Å². The molecule has 0 aromatic rings. The first-order chi connectivity index (χ1) is 6.60. The van der Waals surface area contributed by atoms with Gasteiger partial charge in [0.25, 0.3) is 0 Å². The number of halogens is 1. The van der Waals surface area contributed by atoms with Crippen LogP contribution in [0.3, 0.4) is 0 Å². The fraction of sp³-hybridized carbons (Fsp3) is 0.750. The molecule has 1 N–H and O–H groups in total. The van der Waals surface area contributed by atoms with Gasteiger partial charge in [0.1, 0.15) is 6.04 Å². The Hall–Kier alpha value is -0.620. The number of ether oxygens (including phenoxy) is 1. The lowest BCUT2D eigenvalue weighted by atomic mass is 10.2. The molecule has 14 heavy (non-hydrogen) atoms. The Labute approximate surface area is 90.1 Å². The first-order valence-corrected chi connectivity index (χ1v) is 5.33. The largest absolute Gasteiger partial charge is 0.467 e. The van der Waals surface area contributed by atoms with Crippen molar-refractivity contribution in [2.24, 2.45) is 0 Å². The van der Waals surface area contributed by atoms with E-state index < -0.39 is 18.1 Å². The van der Waals surface area contributed by atoms with Crippen molar-refractivity contribution in [3.63, 3.8) is 0 Å². The number of aliphatic hydroxyl groups is 1. The third-order valence-electron chi connectivity index (χ3n) is 2.19. The zero-order valence-corrected chi connectivity index (χ0v) is 9.36. The highest BCUT2D eigenvalue weighted by Crippen LogP contribution is 2.19. The van der Waals surface area contributed by atoms with E-state index in [0.717, 1.165) is 0 Å². The zero-order chi connectivity index (χ0) is 10.7. The van der Waals surface area contributed by atoms with Crippen LogP contribution in [0.5, 0.6) is 0 Å². The number of nitrogens with zero attached hydrogens (tertiary/aromatic N) is 1. The molecule has 0 unspecified atom stereocenters. The third-order valence-corrected chi connectivity index (χ3v) is 2.67. The van der Waals surface area contributed by atoms with E-state index in [4.69, 9.17) is 0 Å². The average molecular weight is 266 g/mol. The fourth-order valence-corrected chi connectivity index (χ4v) is 1.85. The molecule has 5 nitrogen and oxygen atoms in total. The van der Waals surface area contributed by atoms with Gasteiger partial charge in [-0.15, -0.1) is 0 Å². The first-order valence-electron chi connectivity index (χ1n) is 4.21. The first kappa shape index (κ1) is 11.5. The molecular formula is C8H12BrNO4. The minimum atomic E-state index is -0.639. The average Bonchev–Trinajstić information content (AvgIpc) is 2.58. The van der Waals surface area contributed by atoms with Crippen LogP contribution in [0.1, 0.15) is 6.42 Å². The Morgan fingerprint density at radius 2 is 2.29 bits per heavy atom. The number of hydrogen-bond acceptors (Lipinski definition) is 4. The predicted octanol–water partition coefficient (Wildman–Crippen LogP) is -0.484. The van der Waals surface area contributed by atoms with Gasteiger partial charge in [0.2, 0.25) is 5.91 Å². The van der Waals surface area contributed by atoms with Gasteiger partial charge in [0.05, 0.1) is 18.5 Å². The number of hydrogen-bond donors (Lipinski definition) is 1. The van der Waals surface area contributed by atoms with E-state index in [9.17, 15) is 14.7 Å². The summed E-state index contributed by atoms with van der Waals surface area (Å²) in [7, 11) is 1.27. The van der Waals surface area contributed by atoms with Gasteiger partial charge < -0.3 is 14.7 Å². The van der Waals surface area contributed by atoms with Crippen molar-refractivity contribution in [3.05, 3.63) is 0 Å². The van der Waals surface area contributed by atoms with Gasteiger partial charge in [-0.25, -0.2) is 4.79 Å². The number of β-amino-alcohol motifs (C(OH)–C–C–N with tert-alkyl or cyclic N) is 1. The molecule has 0 saturated carbocycles. The number of methoxy groups -OCH3 is 1. The summed E-state index contributed by atoms with van der Waals surface area (Å²) in [6.07, 6.45) is -0.382. The summed E-state index contributed by atoms with van der Waals surface area (Å²) < 4.78 is 4.55. The summed E-state index contributed by atoms with van der Waals surface area (Å²) >= 11 is 3.02. The van der Waals surface area contributed by atoms with Crippen molar-refractivity contribution in [1.82, 2.24) is 4.90 Å². The number of amides is 1. The van der Waals surface area contributed by atoms with E-state index in [1.54, 1.807) is 0 Å². The van der Waals surface area contributed by atoms with Crippen LogP contribution in [0.15, 0.2) is 0 Å². The van der Waals surface area contributed by atoms with Crippen molar-refractivity contribution in [2.75, 3.05) is 19.0 Å². The summed E-state index contributed by atoms with van der Waals surface area (Å²) in [4.78, 5) is 23.9. The molecule has 1 amide bonds. The van der Waals surface area contributed by atoms with Gasteiger partial charge in [-0.2, -0.15) is 0 Å². The number of aliphatic hydroxyl groups excluding tert-OH is 1. The van der Waals surface area contributed by atoms with Crippen molar-refractivity contribution >= 4 is 27.8 Å². The van der Waals surface area contributed by atoms with Crippen molar-refractivity contribution in [3.8, 4) is 0 Å². The maximum Gasteiger partial charge on any atom is 0.328 e. The molecule has 2 atom stereocenters. The van der Waals surface area contributed by atoms with Gasteiger partial charge >= 0.3 is 5.97 Å². The maximum atomic E-state index is 11.4. The van der Waals surface area contributed by atoms with Crippen LogP contribution in [-0.2, 0) is 14.3 Å². The Morgan fingerprint density at radius 3 is 2.79 bits per heavy atom. The lowest BCUT2D eigenvalue weighted by Crippen LogP contribution is -2.41. The highest BCUT2D eigenvalue weighted by atomic mass is 79.9. The van der Waals surface area contributed by atoms with Crippen LogP contribution in [0.2, 0.25) is 0 Å². The summed E-state index contributed by atoms with van der Waals surface area (Å²) in [5, 5.41) is 9.49. The highest BCUT2D eigenvalue weighted by molar-refractivity contribution is 9.09. The predicted molar refractivity (Wildman–Crippen MR) is 51.9 cm³/mol. The maximum absolute atomic E-state index is 11.4. The Morgan fingerprint density at radius 1 is 1.64 bits per heavy atom. The number of likely N-dealkylation sites (tertiary alicyclic amines) is 1. The van der Waals surface area contributed by atoms with Gasteiger partial charge in [0.15, 0.2) is 0 Å². The highest BCUT2D eigenvalue weighted by Gasteiger charge is 2.38. The molecule has 80 valence electrons. The minimum absolute atomic E-state index is 0.146. The van der Waals surface area contributed by atoms with Gasteiger partial charge in [0, 0.05) is 13.0 Å². The molecule has 0 aliphatic carbocycles. The standard InChI is InChI=1S/C8H12BrNO4/c1-14-8(13)6-2-5(11)4-10(6)7(12)3-9/h5-6,11H,2-4H2,1H3/t5-,6-/m0/s1. The molecule has 1 aliphatic rings. The summed E-state index contributed by atoms with van der Waals surface area (Å²) in [5.74, 6) is -0.687. The Balaban J connectivity index is 2.72. The van der Waals surface area contributed by atoms with Gasteiger partial charge in [-0.1, -0.05) is 15.9 Å². The fourth-order valence-electron chi connectivity index (χ4n) is 1.53. The topological polar surface area (TPSA) is 66.8 Å². The second-order valence-corrected chi connectivity index (χ2v) is 3.67. The third kappa shape index (κ3) is 2.24. The van der Waals surface area contributed by atoms with Gasteiger partial charge in [-0.3, -0.25) is 4.79 Å². The lowest BCUT2D eigenvalue weighted by molar-refractivity contribution is -0.150. The van der Waals surface area contributed by atoms with Crippen LogP contribution >= 0.6 is 15.9 Å². The lowest BCUT2D eigenvalue weighted by Gasteiger charge is -2.21. The molecule has 6 heteroatoms. The molecule has 1 saturated heterocycles. The smallest absolute Gasteiger partial charge is 0.328 e. The van der Waals surface area contributed by atoms with Crippen molar-refractivity contribution < 1.29 is 19.4 Å². The number of rotatable bonds is 2. The molecule has 1 heterocycles. The molecular weight excluding hydrogens is 254 g/mol. The van der Waals surface area contributed by atoms with E-state index in [1.807, 2.05) is 0 Å². The molecule has 0 aromatic heterocycles. The number of alkyl halides is 1. The van der Waals surface area contributed by atoms with E-state index in [2.05, 4.69) is 20.7 Å². The molecule has 0 bridgehead atoms. The monoisotopic (exact) mass is 265 g/mol. The molecule has 0 radical (unpaired) electrons. The zero-order valence-electron chi connectivity index (χ0n) is 7.77. The quantitative estimate of drug-likeness (QED) is 0.541. The minimum Gasteiger partial charge on any atom is -0.467 e. The van der Waals surface area contributed by atoms with E-state index >= 15 is 0 Å². The Kier molecular flexibility index (Phi) is 3.88. The van der Waals surface area contributed by atoms with E-state index in [0.29, 0.717) is 0 Å². The molecule has 1 fully saturated rings. The van der Waals surface area contributed by atoms with E-state index in [-0.39, 0.29) is 24.2 Å². The summed E-state index contributed by atoms with van der Waals surface area (Å²) in [6.45, 7) is 0.199. The van der Waals surface area contributed by atoms with Crippen molar-refractivity contribution in [2.45, 2.75) is 18.6 Å². The van der Waals surface area contributed by atoms with Crippen LogP contribution in [0.25, 0.3) is 0 Å². The van der Waals surface area contributed by atoms with Crippen LogP contribution in [0.4, 0.5) is 0 Å². The molecule has 1 aliphatic heterocycles. The Bertz CT molecular complexity index is 221. The number of carbonyl (C=O) groups is 2.